The van der Waals surface area contributed by atoms with Gasteiger partial charge >= 0.3 is 0 Å². The molecule has 1 aliphatic rings. The highest BCUT2D eigenvalue weighted by atomic mass is 15.1. The van der Waals surface area contributed by atoms with Gasteiger partial charge in [-0.1, -0.05) is 13.3 Å². The minimum absolute atomic E-state index is 0.350. The van der Waals surface area contributed by atoms with Crippen LogP contribution in [0.25, 0.3) is 0 Å². The van der Waals surface area contributed by atoms with Crippen molar-refractivity contribution < 1.29 is 0 Å². The van der Waals surface area contributed by atoms with Crippen molar-refractivity contribution in [3.8, 4) is 0 Å². The molecule has 1 aliphatic carbocycles. The lowest BCUT2D eigenvalue weighted by Gasteiger charge is -2.15. The number of rotatable bonds is 5. The van der Waals surface area contributed by atoms with Gasteiger partial charge in [-0.3, -0.25) is 0 Å². The van der Waals surface area contributed by atoms with E-state index in [0.29, 0.717) is 11.4 Å². The monoisotopic (exact) mass is 220 g/mol. The lowest BCUT2D eigenvalue weighted by molar-refractivity contribution is 0.485. The molecular weight excluding hydrogens is 200 g/mol. The van der Waals surface area contributed by atoms with Gasteiger partial charge in [0.15, 0.2) is 0 Å². The Labute approximate surface area is 96.7 Å². The van der Waals surface area contributed by atoms with Crippen LogP contribution in [-0.2, 0) is 0 Å². The molecule has 0 spiro atoms. The van der Waals surface area contributed by atoms with Gasteiger partial charge in [-0.15, -0.1) is 0 Å². The molecule has 1 aromatic rings. The topological polar surface area (TPSA) is 63.8 Å². The smallest absolute Gasteiger partial charge is 0.222 e. The van der Waals surface area contributed by atoms with Gasteiger partial charge in [0.25, 0.3) is 0 Å². The second-order valence-corrected chi connectivity index (χ2v) is 4.86. The van der Waals surface area contributed by atoms with Crippen molar-refractivity contribution in [1.82, 2.24) is 9.97 Å². The molecule has 1 aromatic heterocycles. The fourth-order valence-corrected chi connectivity index (χ4v) is 2.18. The number of aromatic nitrogens is 2. The summed E-state index contributed by atoms with van der Waals surface area (Å²) in [6.45, 7) is 5.19. The van der Waals surface area contributed by atoms with E-state index in [4.69, 9.17) is 5.73 Å². The fourth-order valence-electron chi connectivity index (χ4n) is 2.18. The van der Waals surface area contributed by atoms with E-state index < -0.39 is 0 Å². The van der Waals surface area contributed by atoms with E-state index >= 15 is 0 Å². The molecule has 0 amide bonds. The summed E-state index contributed by atoms with van der Waals surface area (Å²) in [5.41, 5.74) is 7.05. The third-order valence-corrected chi connectivity index (χ3v) is 3.25. The molecule has 4 heteroatoms. The van der Waals surface area contributed by atoms with Crippen LogP contribution in [0.3, 0.4) is 0 Å². The molecule has 0 aromatic carbocycles. The normalized spacial score (nSPS) is 17.1. The molecule has 16 heavy (non-hydrogen) atoms. The van der Waals surface area contributed by atoms with E-state index in [0.717, 1.165) is 18.1 Å². The van der Waals surface area contributed by atoms with Crippen LogP contribution in [0.15, 0.2) is 6.07 Å². The number of anilines is 2. The number of nitrogens with one attached hydrogen (secondary N) is 1. The molecule has 1 fully saturated rings. The Morgan fingerprint density at radius 3 is 2.75 bits per heavy atom. The summed E-state index contributed by atoms with van der Waals surface area (Å²) in [4.78, 5) is 8.24. The summed E-state index contributed by atoms with van der Waals surface area (Å²) in [5.74, 6) is 1.20. The minimum Gasteiger partial charge on any atom is -0.369 e. The predicted octanol–water partition coefficient (Wildman–Crippen LogP) is 2.36. The van der Waals surface area contributed by atoms with Crippen LogP contribution >= 0.6 is 0 Å². The number of hydrogen-bond donors (Lipinski definition) is 2. The van der Waals surface area contributed by atoms with Gasteiger partial charge in [0.1, 0.15) is 5.82 Å². The molecule has 4 nitrogen and oxygen atoms in total. The molecule has 0 bridgehead atoms. The van der Waals surface area contributed by atoms with E-state index in [9.17, 15) is 0 Å². The third kappa shape index (κ3) is 2.62. The van der Waals surface area contributed by atoms with Crippen LogP contribution in [0.1, 0.15) is 38.3 Å². The zero-order valence-electron chi connectivity index (χ0n) is 10.1. The van der Waals surface area contributed by atoms with Crippen LogP contribution in [0.5, 0.6) is 0 Å². The number of aryl methyl sites for hydroxylation is 1. The lowest BCUT2D eigenvalue weighted by Crippen LogP contribution is -2.16. The Morgan fingerprint density at radius 1 is 1.44 bits per heavy atom. The first kappa shape index (κ1) is 11.2. The maximum absolute atomic E-state index is 5.61. The van der Waals surface area contributed by atoms with Gasteiger partial charge in [0.2, 0.25) is 5.95 Å². The minimum atomic E-state index is 0.350. The van der Waals surface area contributed by atoms with Gasteiger partial charge in [-0.2, -0.15) is 4.98 Å². The van der Waals surface area contributed by atoms with Crippen LogP contribution in [0.4, 0.5) is 11.8 Å². The van der Waals surface area contributed by atoms with Crippen LogP contribution in [0.2, 0.25) is 0 Å². The molecular formula is C12H20N4. The van der Waals surface area contributed by atoms with Crippen molar-refractivity contribution in [1.29, 1.82) is 0 Å². The molecule has 0 aliphatic heterocycles. The lowest BCUT2D eigenvalue weighted by atomic mass is 10.0. The van der Waals surface area contributed by atoms with Crippen LogP contribution < -0.4 is 11.1 Å². The predicted molar refractivity (Wildman–Crippen MR) is 66.2 cm³/mol. The average molecular weight is 220 g/mol. The zero-order chi connectivity index (χ0) is 11.6. The van der Waals surface area contributed by atoms with Crippen LogP contribution in [-0.4, -0.2) is 16.5 Å². The SMILES string of the molecule is CCCC1(CNc2cc(C)nc(N)n2)CC1. The van der Waals surface area contributed by atoms with E-state index in [-0.39, 0.29) is 0 Å². The first-order valence-corrected chi connectivity index (χ1v) is 5.99. The van der Waals surface area contributed by atoms with Crippen molar-refractivity contribution in [2.75, 3.05) is 17.6 Å². The zero-order valence-corrected chi connectivity index (χ0v) is 10.1. The number of hydrogen-bond acceptors (Lipinski definition) is 4. The van der Waals surface area contributed by atoms with Gasteiger partial charge in [0.05, 0.1) is 0 Å². The quantitative estimate of drug-likeness (QED) is 0.799. The first-order valence-electron chi connectivity index (χ1n) is 5.99. The highest BCUT2D eigenvalue weighted by molar-refractivity contribution is 5.40. The summed E-state index contributed by atoms with van der Waals surface area (Å²) in [7, 11) is 0. The molecule has 3 N–H and O–H groups in total. The molecule has 0 atom stereocenters. The first-order chi connectivity index (χ1) is 7.63. The summed E-state index contributed by atoms with van der Waals surface area (Å²) in [6, 6.07) is 1.94. The summed E-state index contributed by atoms with van der Waals surface area (Å²) in [5, 5.41) is 3.38. The van der Waals surface area contributed by atoms with Gasteiger partial charge < -0.3 is 11.1 Å². The molecule has 2 rings (SSSR count). The van der Waals surface area contributed by atoms with E-state index in [2.05, 4.69) is 22.2 Å². The number of nitrogen functional groups attached to an aromatic ring is 1. The van der Waals surface area contributed by atoms with E-state index in [1.54, 1.807) is 0 Å². The number of nitrogens with two attached hydrogens (primary N) is 1. The van der Waals surface area contributed by atoms with Crippen molar-refractivity contribution in [2.45, 2.75) is 39.5 Å². The van der Waals surface area contributed by atoms with Gasteiger partial charge in [-0.05, 0) is 31.6 Å². The second kappa shape index (κ2) is 4.28. The second-order valence-electron chi connectivity index (χ2n) is 4.86. The molecule has 1 saturated carbocycles. The van der Waals surface area contributed by atoms with Crippen molar-refractivity contribution >= 4 is 11.8 Å². The Hall–Kier alpha value is -1.32. The number of nitrogens with zero attached hydrogens (tertiary/aromatic N) is 2. The summed E-state index contributed by atoms with van der Waals surface area (Å²) < 4.78 is 0. The Bertz CT molecular complexity index is 351. The van der Waals surface area contributed by atoms with Crippen molar-refractivity contribution in [3.05, 3.63) is 11.8 Å². The maximum Gasteiger partial charge on any atom is 0.222 e. The fraction of sp³-hybridized carbons (Fsp3) is 0.667. The highest BCUT2D eigenvalue weighted by Gasteiger charge is 2.41. The van der Waals surface area contributed by atoms with E-state index in [1.165, 1.54) is 25.7 Å². The highest BCUT2D eigenvalue weighted by Crippen LogP contribution is 2.49. The maximum atomic E-state index is 5.61. The molecule has 1 heterocycles. The largest absolute Gasteiger partial charge is 0.369 e. The standard InChI is InChI=1S/C12H20N4/c1-3-4-12(5-6-12)8-14-10-7-9(2)15-11(13)16-10/h7H,3-6,8H2,1-2H3,(H3,13,14,15,16). The Morgan fingerprint density at radius 2 is 2.19 bits per heavy atom. The summed E-state index contributed by atoms with van der Waals surface area (Å²) in [6.07, 6.45) is 5.24. The van der Waals surface area contributed by atoms with Gasteiger partial charge in [-0.25, -0.2) is 4.98 Å². The average Bonchev–Trinajstić information content (AvgIpc) is 2.95. The molecule has 88 valence electrons. The summed E-state index contributed by atoms with van der Waals surface area (Å²) >= 11 is 0. The molecule has 0 unspecified atom stereocenters. The van der Waals surface area contributed by atoms with Gasteiger partial charge in [0, 0.05) is 18.3 Å². The van der Waals surface area contributed by atoms with E-state index in [1.807, 2.05) is 13.0 Å². The third-order valence-electron chi connectivity index (χ3n) is 3.25. The van der Waals surface area contributed by atoms with Crippen molar-refractivity contribution in [2.24, 2.45) is 5.41 Å². The van der Waals surface area contributed by atoms with Crippen molar-refractivity contribution in [3.63, 3.8) is 0 Å². The Balaban J connectivity index is 1.94. The Kier molecular flexibility index (Phi) is 2.99. The molecule has 0 radical (unpaired) electrons. The van der Waals surface area contributed by atoms with Crippen LogP contribution in [0, 0.1) is 12.3 Å². The molecule has 0 saturated heterocycles.